The van der Waals surface area contributed by atoms with Gasteiger partial charge < -0.3 is 9.72 Å². The Morgan fingerprint density at radius 2 is 2.00 bits per heavy atom. The minimum absolute atomic E-state index is 0.132. The molecular weight excluding hydrogens is 399 g/mol. The van der Waals surface area contributed by atoms with E-state index in [1.807, 2.05) is 35.0 Å². The zero-order valence-corrected chi connectivity index (χ0v) is 18.2. The fourth-order valence-electron chi connectivity index (χ4n) is 3.32. The van der Waals surface area contributed by atoms with Crippen LogP contribution in [-0.4, -0.2) is 20.3 Å². The minimum atomic E-state index is -0.262. The van der Waals surface area contributed by atoms with Crippen molar-refractivity contribution in [1.29, 1.82) is 0 Å². The first-order valence-electron chi connectivity index (χ1n) is 9.81. The molecule has 3 heterocycles. The molecule has 0 radical (unpaired) electrons. The molecule has 0 unspecified atom stereocenters. The lowest BCUT2D eigenvalue weighted by Crippen LogP contribution is -2.16. The summed E-state index contributed by atoms with van der Waals surface area (Å²) in [5.74, 6) is -0.118. The van der Waals surface area contributed by atoms with Crippen molar-refractivity contribution >= 4 is 28.0 Å². The summed E-state index contributed by atoms with van der Waals surface area (Å²) >= 11 is 1.42. The number of imidazole rings is 1. The molecule has 0 atom stereocenters. The summed E-state index contributed by atoms with van der Waals surface area (Å²) in [7, 11) is 0. The van der Waals surface area contributed by atoms with Crippen molar-refractivity contribution in [2.75, 3.05) is 5.32 Å². The number of fused-ring (bicyclic) bond motifs is 1. The normalized spacial score (nSPS) is 11.4. The predicted octanol–water partition coefficient (Wildman–Crippen LogP) is 5.52. The zero-order chi connectivity index (χ0) is 21.4. The highest BCUT2D eigenvalue weighted by Crippen LogP contribution is 2.28. The van der Waals surface area contributed by atoms with Gasteiger partial charge in [0.25, 0.3) is 0 Å². The van der Waals surface area contributed by atoms with Gasteiger partial charge in [0.05, 0.1) is 23.5 Å². The maximum absolute atomic E-state index is 13.8. The average Bonchev–Trinajstić information content (AvgIpc) is 3.29. The van der Waals surface area contributed by atoms with E-state index in [1.54, 1.807) is 19.1 Å². The van der Waals surface area contributed by atoms with E-state index >= 15 is 0 Å². The molecule has 1 aromatic carbocycles. The SMILES string of the molecule is Cc1ccc2nc(-c3ccc(F)c(C)c3)c(CC(=O)Nc3nc(C(C)C)cs3)n2c1. The number of rotatable bonds is 5. The standard InChI is InChI=1S/C23H23FN4OS/c1-13(2)18-12-30-23(25-18)27-21(29)10-19-22(16-6-7-17(24)15(4)9-16)26-20-8-5-14(3)11-28(19)20/h5-9,11-13H,10H2,1-4H3,(H,25,27,29). The number of hydrogen-bond donors (Lipinski definition) is 1. The average molecular weight is 423 g/mol. The second-order valence-electron chi connectivity index (χ2n) is 7.76. The number of carbonyl (C=O) groups excluding carboxylic acids is 1. The number of amides is 1. The van der Waals surface area contributed by atoms with Crippen molar-refractivity contribution < 1.29 is 9.18 Å². The van der Waals surface area contributed by atoms with Gasteiger partial charge in [0.1, 0.15) is 11.5 Å². The van der Waals surface area contributed by atoms with Gasteiger partial charge in [-0.15, -0.1) is 11.3 Å². The summed E-state index contributed by atoms with van der Waals surface area (Å²) in [6, 6.07) is 8.81. The Balaban J connectivity index is 1.71. The zero-order valence-electron chi connectivity index (χ0n) is 17.4. The molecular formula is C23H23FN4OS. The van der Waals surface area contributed by atoms with Gasteiger partial charge in [-0.2, -0.15) is 0 Å². The van der Waals surface area contributed by atoms with Crippen molar-refractivity contribution in [2.24, 2.45) is 0 Å². The van der Waals surface area contributed by atoms with E-state index in [1.165, 1.54) is 17.4 Å². The van der Waals surface area contributed by atoms with Crippen LogP contribution in [0.4, 0.5) is 9.52 Å². The van der Waals surface area contributed by atoms with Crippen molar-refractivity contribution in [2.45, 2.75) is 40.0 Å². The van der Waals surface area contributed by atoms with Crippen LogP contribution in [0.3, 0.4) is 0 Å². The number of hydrogen-bond acceptors (Lipinski definition) is 4. The number of aryl methyl sites for hydroxylation is 2. The topological polar surface area (TPSA) is 59.3 Å². The summed E-state index contributed by atoms with van der Waals surface area (Å²) in [5, 5.41) is 5.45. The highest BCUT2D eigenvalue weighted by Gasteiger charge is 2.19. The van der Waals surface area contributed by atoms with Gasteiger partial charge in [0.15, 0.2) is 5.13 Å². The summed E-state index contributed by atoms with van der Waals surface area (Å²) in [5.41, 5.74) is 5.54. The van der Waals surface area contributed by atoms with E-state index < -0.39 is 0 Å². The number of halogens is 1. The molecule has 0 aliphatic heterocycles. The molecule has 0 saturated heterocycles. The lowest BCUT2D eigenvalue weighted by atomic mass is 10.1. The molecule has 0 fully saturated rings. The molecule has 154 valence electrons. The molecule has 3 aromatic heterocycles. The second-order valence-corrected chi connectivity index (χ2v) is 8.62. The number of benzene rings is 1. The Bertz CT molecular complexity index is 1240. The van der Waals surface area contributed by atoms with Gasteiger partial charge in [-0.25, -0.2) is 14.4 Å². The lowest BCUT2D eigenvalue weighted by molar-refractivity contribution is -0.115. The number of aromatic nitrogens is 3. The fourth-order valence-corrected chi connectivity index (χ4v) is 4.20. The quantitative estimate of drug-likeness (QED) is 0.461. The number of anilines is 1. The molecule has 1 amide bonds. The molecule has 0 aliphatic carbocycles. The molecule has 1 N–H and O–H groups in total. The Hall–Kier alpha value is -3.06. The Morgan fingerprint density at radius 1 is 1.20 bits per heavy atom. The number of nitrogens with one attached hydrogen (secondary N) is 1. The van der Waals surface area contributed by atoms with Crippen LogP contribution in [0.15, 0.2) is 41.9 Å². The maximum atomic E-state index is 13.8. The number of pyridine rings is 1. The van der Waals surface area contributed by atoms with Crippen LogP contribution in [0, 0.1) is 19.7 Å². The van der Waals surface area contributed by atoms with Gasteiger partial charge in [-0.3, -0.25) is 4.79 Å². The van der Waals surface area contributed by atoms with E-state index in [0.29, 0.717) is 22.3 Å². The van der Waals surface area contributed by atoms with E-state index in [4.69, 9.17) is 4.98 Å². The lowest BCUT2D eigenvalue weighted by Gasteiger charge is -2.07. The Labute approximate surface area is 178 Å². The molecule has 5 nitrogen and oxygen atoms in total. The molecule has 0 saturated carbocycles. The Morgan fingerprint density at radius 3 is 2.70 bits per heavy atom. The third-order valence-corrected chi connectivity index (χ3v) is 5.76. The molecule has 0 aliphatic rings. The van der Waals surface area contributed by atoms with Gasteiger partial charge >= 0.3 is 0 Å². The van der Waals surface area contributed by atoms with Crippen LogP contribution < -0.4 is 5.32 Å². The number of carbonyl (C=O) groups is 1. The van der Waals surface area contributed by atoms with Crippen LogP contribution in [0.5, 0.6) is 0 Å². The summed E-state index contributed by atoms with van der Waals surface area (Å²) in [6.45, 7) is 7.85. The molecule has 7 heteroatoms. The van der Waals surface area contributed by atoms with Crippen LogP contribution in [0.2, 0.25) is 0 Å². The van der Waals surface area contributed by atoms with E-state index in [-0.39, 0.29) is 18.1 Å². The summed E-state index contributed by atoms with van der Waals surface area (Å²) < 4.78 is 15.7. The largest absolute Gasteiger partial charge is 0.303 e. The van der Waals surface area contributed by atoms with Crippen LogP contribution in [0.1, 0.15) is 42.3 Å². The highest BCUT2D eigenvalue weighted by molar-refractivity contribution is 7.13. The van der Waals surface area contributed by atoms with E-state index in [0.717, 1.165) is 28.2 Å². The van der Waals surface area contributed by atoms with Crippen molar-refractivity contribution in [3.8, 4) is 11.3 Å². The van der Waals surface area contributed by atoms with Gasteiger partial charge in [0.2, 0.25) is 5.91 Å². The second kappa shape index (κ2) is 7.99. The Kier molecular flexibility index (Phi) is 5.39. The molecule has 4 aromatic rings. The van der Waals surface area contributed by atoms with Crippen LogP contribution in [-0.2, 0) is 11.2 Å². The third-order valence-electron chi connectivity index (χ3n) is 4.98. The number of thiazole rings is 1. The van der Waals surface area contributed by atoms with Crippen LogP contribution >= 0.6 is 11.3 Å². The first-order valence-corrected chi connectivity index (χ1v) is 10.7. The predicted molar refractivity (Wildman–Crippen MR) is 119 cm³/mol. The van der Waals surface area contributed by atoms with Crippen molar-refractivity contribution in [3.63, 3.8) is 0 Å². The minimum Gasteiger partial charge on any atom is -0.303 e. The molecule has 4 rings (SSSR count). The highest BCUT2D eigenvalue weighted by atomic mass is 32.1. The number of nitrogens with zero attached hydrogens (tertiary/aromatic N) is 3. The fraction of sp³-hybridized carbons (Fsp3) is 0.261. The molecule has 0 bridgehead atoms. The van der Waals surface area contributed by atoms with E-state index in [9.17, 15) is 9.18 Å². The summed E-state index contributed by atoms with van der Waals surface area (Å²) in [6.07, 6.45) is 2.10. The maximum Gasteiger partial charge on any atom is 0.232 e. The van der Waals surface area contributed by atoms with Crippen LogP contribution in [0.25, 0.3) is 16.9 Å². The van der Waals surface area contributed by atoms with Crippen molar-refractivity contribution in [1.82, 2.24) is 14.4 Å². The van der Waals surface area contributed by atoms with Gasteiger partial charge in [0, 0.05) is 17.1 Å². The molecule has 0 spiro atoms. The van der Waals surface area contributed by atoms with Gasteiger partial charge in [-0.1, -0.05) is 19.9 Å². The first-order chi connectivity index (χ1) is 14.3. The van der Waals surface area contributed by atoms with E-state index in [2.05, 4.69) is 24.1 Å². The monoisotopic (exact) mass is 422 g/mol. The smallest absolute Gasteiger partial charge is 0.232 e. The summed E-state index contributed by atoms with van der Waals surface area (Å²) in [4.78, 5) is 22.1. The van der Waals surface area contributed by atoms with Crippen molar-refractivity contribution in [3.05, 3.63) is 70.2 Å². The molecule has 30 heavy (non-hydrogen) atoms. The third kappa shape index (κ3) is 3.98. The van der Waals surface area contributed by atoms with Gasteiger partial charge in [-0.05, 0) is 55.2 Å². The first kappa shape index (κ1) is 20.2.